The van der Waals surface area contributed by atoms with Crippen LogP contribution in [0.15, 0.2) is 0 Å². The third kappa shape index (κ3) is 4.37. The van der Waals surface area contributed by atoms with E-state index in [-0.39, 0.29) is 18.0 Å². The lowest BCUT2D eigenvalue weighted by molar-refractivity contribution is -0.166. The van der Waals surface area contributed by atoms with Gasteiger partial charge >= 0.3 is 5.97 Å². The second-order valence-corrected chi connectivity index (χ2v) is 6.54. The fourth-order valence-electron chi connectivity index (χ4n) is 2.88. The van der Waals surface area contributed by atoms with Crippen LogP contribution in [0.2, 0.25) is 0 Å². The number of hydrogen-bond donors (Lipinski definition) is 0. The van der Waals surface area contributed by atoms with Gasteiger partial charge < -0.3 is 14.2 Å². The van der Waals surface area contributed by atoms with Crippen molar-refractivity contribution >= 4 is 16.2 Å². The van der Waals surface area contributed by atoms with Crippen LogP contribution in [0, 0.1) is 5.92 Å². The first-order chi connectivity index (χ1) is 8.54. The van der Waals surface area contributed by atoms with Gasteiger partial charge in [0, 0.05) is 6.92 Å². The van der Waals surface area contributed by atoms with E-state index >= 15 is 0 Å². The van der Waals surface area contributed by atoms with Crippen LogP contribution in [0.4, 0.5) is 0 Å². The second-order valence-electron chi connectivity index (χ2n) is 5.59. The summed E-state index contributed by atoms with van der Waals surface area (Å²) in [4.78, 5) is 10.8. The van der Waals surface area contributed by atoms with E-state index in [1.54, 1.807) is 0 Å². The van der Waals surface area contributed by atoms with Gasteiger partial charge in [-0.3, -0.25) is 4.79 Å². The molecule has 0 radical (unpaired) electrons. The molecule has 1 saturated heterocycles. The SMILES string of the molecule is CC(=O)OC([SiH3])OC(C)CCC1CCC2OC2C1. The maximum Gasteiger partial charge on any atom is 0.304 e. The summed E-state index contributed by atoms with van der Waals surface area (Å²) in [7, 11) is 0.720. The van der Waals surface area contributed by atoms with Crippen LogP contribution >= 0.6 is 0 Å². The van der Waals surface area contributed by atoms with Crippen molar-refractivity contribution in [2.24, 2.45) is 5.92 Å². The molecule has 0 aromatic rings. The average Bonchev–Trinajstić information content (AvgIpc) is 3.03. The van der Waals surface area contributed by atoms with Gasteiger partial charge in [0.1, 0.15) is 0 Å². The van der Waals surface area contributed by atoms with Crippen molar-refractivity contribution in [1.29, 1.82) is 0 Å². The van der Waals surface area contributed by atoms with E-state index in [0.717, 1.165) is 22.6 Å². The predicted molar refractivity (Wildman–Crippen MR) is 71.3 cm³/mol. The summed E-state index contributed by atoms with van der Waals surface area (Å²) in [6.07, 6.45) is 7.32. The Morgan fingerprint density at radius 1 is 1.44 bits per heavy atom. The van der Waals surface area contributed by atoms with Gasteiger partial charge in [-0.1, -0.05) is 0 Å². The van der Waals surface area contributed by atoms with Crippen molar-refractivity contribution in [3.05, 3.63) is 0 Å². The molecule has 0 amide bonds. The Hall–Kier alpha value is -0.393. The molecule has 1 aliphatic carbocycles. The van der Waals surface area contributed by atoms with Gasteiger partial charge in [0.25, 0.3) is 0 Å². The number of esters is 1. The van der Waals surface area contributed by atoms with Crippen LogP contribution in [-0.4, -0.2) is 40.4 Å². The summed E-state index contributed by atoms with van der Waals surface area (Å²) in [6, 6.07) is 0. The summed E-state index contributed by atoms with van der Waals surface area (Å²) in [5.41, 5.74) is 0. The third-order valence-electron chi connectivity index (χ3n) is 3.85. The first-order valence-corrected chi connectivity index (χ1v) is 8.18. The number of fused-ring (bicyclic) bond motifs is 1. The van der Waals surface area contributed by atoms with Gasteiger partial charge in [0.05, 0.1) is 28.6 Å². The van der Waals surface area contributed by atoms with Crippen LogP contribution in [0.25, 0.3) is 0 Å². The van der Waals surface area contributed by atoms with Crippen molar-refractivity contribution in [3.63, 3.8) is 0 Å². The smallest absolute Gasteiger partial charge is 0.304 e. The normalized spacial score (nSPS) is 33.6. The number of epoxide rings is 1. The summed E-state index contributed by atoms with van der Waals surface area (Å²) in [6.45, 7) is 3.49. The summed E-state index contributed by atoms with van der Waals surface area (Å²) >= 11 is 0. The Morgan fingerprint density at radius 3 is 2.89 bits per heavy atom. The van der Waals surface area contributed by atoms with Gasteiger partial charge in [-0.2, -0.15) is 0 Å². The zero-order chi connectivity index (χ0) is 13.1. The van der Waals surface area contributed by atoms with Gasteiger partial charge in [-0.15, -0.1) is 0 Å². The largest absolute Gasteiger partial charge is 0.441 e. The Kier molecular flexibility index (Phi) is 4.81. The maximum absolute atomic E-state index is 10.8. The zero-order valence-electron chi connectivity index (χ0n) is 11.6. The lowest BCUT2D eigenvalue weighted by Gasteiger charge is -2.23. The molecule has 2 rings (SSSR count). The molecule has 0 spiro atoms. The Labute approximate surface area is 112 Å². The second kappa shape index (κ2) is 6.17. The summed E-state index contributed by atoms with van der Waals surface area (Å²) < 4.78 is 16.2. The van der Waals surface area contributed by atoms with Crippen molar-refractivity contribution in [2.75, 3.05) is 0 Å². The highest BCUT2D eigenvalue weighted by Crippen LogP contribution is 2.41. The molecule has 4 nitrogen and oxygen atoms in total. The molecule has 5 unspecified atom stereocenters. The van der Waals surface area contributed by atoms with E-state index < -0.39 is 0 Å². The Morgan fingerprint density at radius 2 is 2.22 bits per heavy atom. The minimum absolute atomic E-state index is 0.171. The monoisotopic (exact) mass is 272 g/mol. The Bertz CT molecular complexity index is 297. The van der Waals surface area contributed by atoms with E-state index in [4.69, 9.17) is 14.2 Å². The van der Waals surface area contributed by atoms with Crippen molar-refractivity contribution in [3.8, 4) is 0 Å². The molecule has 5 heteroatoms. The molecule has 1 heterocycles. The van der Waals surface area contributed by atoms with Crippen molar-refractivity contribution in [2.45, 2.75) is 70.2 Å². The zero-order valence-corrected chi connectivity index (χ0v) is 13.6. The fourth-order valence-corrected chi connectivity index (χ4v) is 3.67. The van der Waals surface area contributed by atoms with Crippen LogP contribution in [-0.2, 0) is 19.0 Å². The summed E-state index contributed by atoms with van der Waals surface area (Å²) in [5.74, 6) is 0.229. The highest BCUT2D eigenvalue weighted by atomic mass is 28.1. The molecule has 1 aliphatic heterocycles. The van der Waals surface area contributed by atoms with Gasteiger partial charge in [-0.05, 0) is 44.9 Å². The minimum Gasteiger partial charge on any atom is -0.441 e. The maximum atomic E-state index is 10.8. The highest BCUT2D eigenvalue weighted by Gasteiger charge is 2.43. The molecule has 0 aromatic carbocycles. The number of carbonyl (C=O) groups is 1. The first-order valence-electron chi connectivity index (χ1n) is 7.02. The molecule has 2 aliphatic rings. The average molecular weight is 272 g/mol. The molecule has 5 atom stereocenters. The Balaban J connectivity index is 1.58. The standard InChI is InChI=1S/C13H24O4Si/c1-8(15-13(18)16-9(2)14)3-4-10-5-6-11-12(7-10)17-11/h8,10-13H,3-7H2,1-2,18H3. The van der Waals surface area contributed by atoms with E-state index in [2.05, 4.69) is 6.92 Å². The predicted octanol–water partition coefficient (Wildman–Crippen LogP) is 0.951. The topological polar surface area (TPSA) is 48.1 Å². The van der Waals surface area contributed by atoms with Crippen LogP contribution in [0.5, 0.6) is 0 Å². The first kappa shape index (κ1) is 14.0. The lowest BCUT2D eigenvalue weighted by Crippen LogP contribution is -2.25. The van der Waals surface area contributed by atoms with E-state index in [9.17, 15) is 4.79 Å². The van der Waals surface area contributed by atoms with Gasteiger partial charge in [0.15, 0.2) is 5.91 Å². The molecule has 0 N–H and O–H groups in total. The number of rotatable bonds is 6. The highest BCUT2D eigenvalue weighted by molar-refractivity contribution is 6.10. The lowest BCUT2D eigenvalue weighted by atomic mass is 9.85. The minimum atomic E-state index is -0.306. The molecule has 104 valence electrons. The van der Waals surface area contributed by atoms with Crippen molar-refractivity contribution < 1.29 is 19.0 Å². The fraction of sp³-hybridized carbons (Fsp3) is 0.923. The number of ether oxygens (including phenoxy) is 3. The molecule has 0 aromatic heterocycles. The molecule has 18 heavy (non-hydrogen) atoms. The molecular weight excluding hydrogens is 248 g/mol. The van der Waals surface area contributed by atoms with Crippen molar-refractivity contribution in [1.82, 2.24) is 0 Å². The molecule has 0 bridgehead atoms. The number of carbonyl (C=O) groups excluding carboxylic acids is 1. The number of hydrogen-bond acceptors (Lipinski definition) is 4. The van der Waals surface area contributed by atoms with Gasteiger partial charge in [0.2, 0.25) is 0 Å². The third-order valence-corrected chi connectivity index (χ3v) is 4.36. The molecular formula is C13H24O4Si. The van der Waals surface area contributed by atoms with Crippen LogP contribution in [0.3, 0.4) is 0 Å². The summed E-state index contributed by atoms with van der Waals surface area (Å²) in [5, 5.41) is 0. The van der Waals surface area contributed by atoms with Crippen LogP contribution in [0.1, 0.15) is 46.0 Å². The van der Waals surface area contributed by atoms with E-state index in [1.165, 1.54) is 32.6 Å². The molecule has 2 fully saturated rings. The molecule has 1 saturated carbocycles. The van der Waals surface area contributed by atoms with E-state index in [0.29, 0.717) is 12.2 Å². The quantitative estimate of drug-likeness (QED) is 0.313. The van der Waals surface area contributed by atoms with E-state index in [1.807, 2.05) is 0 Å². The van der Waals surface area contributed by atoms with Gasteiger partial charge in [-0.25, -0.2) is 0 Å². The van der Waals surface area contributed by atoms with Crippen LogP contribution < -0.4 is 0 Å².